The van der Waals surface area contributed by atoms with Gasteiger partial charge in [0.15, 0.2) is 11.8 Å². The Kier molecular flexibility index (Phi) is 5.66. The first-order chi connectivity index (χ1) is 11.7. The zero-order chi connectivity index (χ0) is 18.6. The van der Waals surface area contributed by atoms with Gasteiger partial charge in [-0.3, -0.25) is 4.79 Å². The minimum atomic E-state index is -4.14. The first-order valence-electron chi connectivity index (χ1n) is 7.21. The lowest BCUT2D eigenvalue weighted by Gasteiger charge is -2.16. The number of ketones is 1. The lowest BCUT2D eigenvalue weighted by Crippen LogP contribution is -2.47. The number of rotatable bonds is 6. The number of benzene rings is 2. The van der Waals surface area contributed by atoms with Gasteiger partial charge >= 0.3 is 5.97 Å². The molecule has 0 aliphatic heterocycles. The number of nitrogens with one attached hydrogen (secondary N) is 1. The molecule has 0 saturated carbocycles. The second kappa shape index (κ2) is 7.54. The molecule has 6 nitrogen and oxygen atoms in total. The highest BCUT2D eigenvalue weighted by molar-refractivity contribution is 7.89. The second-order valence-electron chi connectivity index (χ2n) is 5.26. The Bertz CT molecular complexity index is 876. The molecule has 0 amide bonds. The molecule has 0 fully saturated rings. The summed E-state index contributed by atoms with van der Waals surface area (Å²) in [5.41, 5.74) is 0.828. The number of methoxy groups -OCH3 is 1. The molecule has 0 aliphatic rings. The highest BCUT2D eigenvalue weighted by Gasteiger charge is 2.33. The van der Waals surface area contributed by atoms with Crippen LogP contribution < -0.4 is 4.72 Å². The molecule has 2 rings (SSSR count). The fraction of sp³-hybridized carbons (Fsp3) is 0.176. The maximum absolute atomic E-state index is 13.0. The molecule has 1 atom stereocenters. The zero-order valence-electron chi connectivity index (χ0n) is 13.5. The molecule has 0 bridgehead atoms. The van der Waals surface area contributed by atoms with E-state index in [0.717, 1.165) is 36.9 Å². The van der Waals surface area contributed by atoms with Gasteiger partial charge in [0.2, 0.25) is 10.0 Å². The van der Waals surface area contributed by atoms with Gasteiger partial charge in [-0.25, -0.2) is 17.6 Å². The molecular weight excluding hydrogens is 349 g/mol. The number of carbonyl (C=O) groups is 2. The van der Waals surface area contributed by atoms with E-state index in [0.29, 0.717) is 0 Å². The maximum atomic E-state index is 13.0. The molecule has 0 aliphatic carbocycles. The van der Waals surface area contributed by atoms with E-state index >= 15 is 0 Å². The summed E-state index contributed by atoms with van der Waals surface area (Å²) in [7, 11) is -3.10. The van der Waals surface area contributed by atoms with Crippen LogP contribution in [0.25, 0.3) is 0 Å². The van der Waals surface area contributed by atoms with Crippen LogP contribution in [0, 0.1) is 12.7 Å². The number of aryl methyl sites for hydroxylation is 1. The Morgan fingerprint density at radius 2 is 1.60 bits per heavy atom. The van der Waals surface area contributed by atoms with E-state index in [-0.39, 0.29) is 10.5 Å². The summed E-state index contributed by atoms with van der Waals surface area (Å²) >= 11 is 0. The van der Waals surface area contributed by atoms with E-state index in [1.807, 2.05) is 4.72 Å². The Balaban J connectivity index is 2.34. The van der Waals surface area contributed by atoms with Crippen LogP contribution in [0.1, 0.15) is 15.9 Å². The van der Waals surface area contributed by atoms with Gasteiger partial charge in [-0.15, -0.1) is 0 Å². The molecule has 0 heterocycles. The largest absolute Gasteiger partial charge is 0.467 e. The van der Waals surface area contributed by atoms with Gasteiger partial charge in [0.1, 0.15) is 5.82 Å². The van der Waals surface area contributed by atoms with E-state index in [9.17, 15) is 22.4 Å². The number of sulfonamides is 1. The van der Waals surface area contributed by atoms with Crippen molar-refractivity contribution in [1.82, 2.24) is 4.72 Å². The number of ether oxygens (including phenoxy) is 1. The van der Waals surface area contributed by atoms with Crippen LogP contribution >= 0.6 is 0 Å². The predicted octanol–water partition coefficient (Wildman–Crippen LogP) is 1.84. The number of hydrogen-bond acceptors (Lipinski definition) is 5. The van der Waals surface area contributed by atoms with Crippen molar-refractivity contribution in [3.05, 3.63) is 65.5 Å². The number of hydrogen-bond donors (Lipinski definition) is 1. The third kappa shape index (κ3) is 4.49. The summed E-state index contributed by atoms with van der Waals surface area (Å²) in [6.45, 7) is 1.79. The third-order valence-corrected chi connectivity index (χ3v) is 4.87. The summed E-state index contributed by atoms with van der Waals surface area (Å²) in [5, 5.41) is 0. The number of carbonyl (C=O) groups excluding carboxylic acids is 2. The molecule has 0 radical (unpaired) electrons. The van der Waals surface area contributed by atoms with Gasteiger partial charge in [0, 0.05) is 5.56 Å². The highest BCUT2D eigenvalue weighted by atomic mass is 32.2. The molecular formula is C17H16FNO5S. The van der Waals surface area contributed by atoms with Crippen molar-refractivity contribution in [2.45, 2.75) is 17.9 Å². The highest BCUT2D eigenvalue weighted by Crippen LogP contribution is 2.13. The van der Waals surface area contributed by atoms with Crippen molar-refractivity contribution in [2.24, 2.45) is 0 Å². The Labute approximate surface area is 144 Å². The van der Waals surface area contributed by atoms with Crippen molar-refractivity contribution < 1.29 is 27.1 Å². The number of Topliss-reactive ketones (excluding diaryl/α,β-unsaturated/α-hetero) is 1. The summed E-state index contributed by atoms with van der Waals surface area (Å²) in [6.07, 6.45) is 0. The van der Waals surface area contributed by atoms with Crippen molar-refractivity contribution in [3.8, 4) is 0 Å². The van der Waals surface area contributed by atoms with Crippen LogP contribution in [0.4, 0.5) is 4.39 Å². The summed E-state index contributed by atoms with van der Waals surface area (Å²) in [6, 6.07) is 8.51. The van der Waals surface area contributed by atoms with E-state index in [2.05, 4.69) is 4.74 Å². The lowest BCUT2D eigenvalue weighted by molar-refractivity contribution is -0.141. The van der Waals surface area contributed by atoms with Crippen molar-refractivity contribution >= 4 is 21.8 Å². The Morgan fingerprint density at radius 1 is 1.04 bits per heavy atom. The smallest absolute Gasteiger partial charge is 0.332 e. The van der Waals surface area contributed by atoms with Crippen LogP contribution in [0.3, 0.4) is 0 Å². The van der Waals surface area contributed by atoms with Gasteiger partial charge in [-0.05, 0) is 43.3 Å². The van der Waals surface area contributed by atoms with Crippen LogP contribution in [-0.4, -0.2) is 33.3 Å². The number of halogens is 1. The van der Waals surface area contributed by atoms with Crippen LogP contribution in [0.5, 0.6) is 0 Å². The topological polar surface area (TPSA) is 89.5 Å². The van der Waals surface area contributed by atoms with Crippen molar-refractivity contribution in [3.63, 3.8) is 0 Å². The van der Waals surface area contributed by atoms with Crippen molar-refractivity contribution in [2.75, 3.05) is 7.11 Å². The molecule has 0 aromatic heterocycles. The van der Waals surface area contributed by atoms with Gasteiger partial charge in [-0.2, -0.15) is 4.72 Å². The first kappa shape index (κ1) is 18.8. The zero-order valence-corrected chi connectivity index (χ0v) is 14.3. The SMILES string of the molecule is COC(=O)C(NS(=O)(=O)c1ccc(C)cc1)C(=O)c1ccc(F)cc1. The normalized spacial score (nSPS) is 12.4. The Morgan fingerprint density at radius 3 is 2.12 bits per heavy atom. The lowest BCUT2D eigenvalue weighted by atomic mass is 10.1. The average Bonchev–Trinajstić information content (AvgIpc) is 2.59. The van der Waals surface area contributed by atoms with Gasteiger partial charge in [-0.1, -0.05) is 17.7 Å². The molecule has 2 aromatic rings. The number of esters is 1. The van der Waals surface area contributed by atoms with Gasteiger partial charge < -0.3 is 4.74 Å². The first-order valence-corrected chi connectivity index (χ1v) is 8.69. The minimum Gasteiger partial charge on any atom is -0.467 e. The van der Waals surface area contributed by atoms with Crippen LogP contribution in [-0.2, 0) is 19.6 Å². The van der Waals surface area contributed by atoms with Gasteiger partial charge in [0.05, 0.1) is 12.0 Å². The average molecular weight is 365 g/mol. The quantitative estimate of drug-likeness (QED) is 0.479. The van der Waals surface area contributed by atoms with E-state index < -0.39 is 33.6 Å². The molecule has 0 saturated heterocycles. The molecule has 25 heavy (non-hydrogen) atoms. The molecule has 8 heteroatoms. The Hall–Kier alpha value is -2.58. The summed E-state index contributed by atoms with van der Waals surface area (Å²) in [4.78, 5) is 24.3. The van der Waals surface area contributed by atoms with Gasteiger partial charge in [0.25, 0.3) is 0 Å². The van der Waals surface area contributed by atoms with E-state index in [1.165, 1.54) is 12.1 Å². The fourth-order valence-corrected chi connectivity index (χ4v) is 3.19. The maximum Gasteiger partial charge on any atom is 0.332 e. The van der Waals surface area contributed by atoms with E-state index in [1.54, 1.807) is 19.1 Å². The monoisotopic (exact) mass is 365 g/mol. The van der Waals surface area contributed by atoms with Crippen LogP contribution in [0.15, 0.2) is 53.4 Å². The fourth-order valence-electron chi connectivity index (χ4n) is 2.05. The molecule has 132 valence electrons. The standard InChI is InChI=1S/C17H16FNO5S/c1-11-3-9-14(10-4-11)25(22,23)19-15(17(21)24-2)16(20)12-5-7-13(18)8-6-12/h3-10,15,19H,1-2H3. The second-order valence-corrected chi connectivity index (χ2v) is 6.98. The molecule has 1 N–H and O–H groups in total. The molecule has 2 aromatic carbocycles. The minimum absolute atomic E-state index is 0.0246. The molecule has 1 unspecified atom stereocenters. The third-order valence-electron chi connectivity index (χ3n) is 3.43. The van der Waals surface area contributed by atoms with Crippen molar-refractivity contribution in [1.29, 1.82) is 0 Å². The summed E-state index contributed by atoms with van der Waals surface area (Å²) in [5.74, 6) is -2.47. The van der Waals surface area contributed by atoms with Crippen LogP contribution in [0.2, 0.25) is 0 Å². The molecule has 0 spiro atoms. The predicted molar refractivity (Wildman–Crippen MR) is 88.0 cm³/mol. The summed E-state index contributed by atoms with van der Waals surface area (Å²) < 4.78 is 44.4. The van der Waals surface area contributed by atoms with E-state index in [4.69, 9.17) is 0 Å².